The van der Waals surface area contributed by atoms with Crippen LogP contribution >= 0.6 is 7.92 Å². The molecule has 0 saturated heterocycles. The second-order valence-corrected chi connectivity index (χ2v) is 4.52. The van der Waals surface area contributed by atoms with Crippen LogP contribution in [0.25, 0.3) is 0 Å². The molecule has 0 aromatic rings. The van der Waals surface area contributed by atoms with Gasteiger partial charge in [0.05, 0.1) is 6.35 Å². The van der Waals surface area contributed by atoms with Gasteiger partial charge in [-0.3, -0.25) is 0 Å². The average molecular weight is 145 g/mol. The highest BCUT2D eigenvalue weighted by molar-refractivity contribution is 7.56. The van der Waals surface area contributed by atoms with Gasteiger partial charge in [-0.05, 0) is 19.2 Å². The molecule has 0 fully saturated rings. The Morgan fingerprint density at radius 3 is 2.33 bits per heavy atom. The van der Waals surface area contributed by atoms with E-state index < -0.39 is 0 Å². The highest BCUT2D eigenvalue weighted by Gasteiger charge is 1.94. The quantitative estimate of drug-likeness (QED) is 0.469. The van der Waals surface area contributed by atoms with Crippen molar-refractivity contribution < 1.29 is 5.11 Å². The van der Waals surface area contributed by atoms with E-state index in [0.717, 1.165) is 0 Å². The van der Waals surface area contributed by atoms with Crippen molar-refractivity contribution in [3.63, 3.8) is 0 Å². The van der Waals surface area contributed by atoms with E-state index in [-0.39, 0.29) is 16.3 Å². The van der Waals surface area contributed by atoms with E-state index in [1.54, 1.807) is 0 Å². The van der Waals surface area contributed by atoms with Crippen LogP contribution < -0.4 is 0 Å². The van der Waals surface area contributed by atoms with Crippen LogP contribution in [0.3, 0.4) is 0 Å². The molecule has 1 unspecified atom stereocenters. The minimum absolute atomic E-state index is 0. The highest BCUT2D eigenvalue weighted by Crippen LogP contribution is 2.29. The maximum atomic E-state index is 8.59. The third-order valence-corrected chi connectivity index (χ3v) is 2.70. The van der Waals surface area contributed by atoms with Crippen LogP contribution in [0.1, 0.15) is 19.8 Å². The summed E-state index contributed by atoms with van der Waals surface area (Å²) >= 11 is 0. The molecule has 1 N–H and O–H groups in total. The molecule has 3 radical (unpaired) electrons. The van der Waals surface area contributed by atoms with Gasteiger partial charge in [0, 0.05) is 8.41 Å². The summed E-state index contributed by atoms with van der Waals surface area (Å²) in [4.78, 5) is 0. The van der Waals surface area contributed by atoms with Gasteiger partial charge in [-0.15, -0.1) is 0 Å². The molecule has 0 rings (SSSR count). The molecule has 53 valence electrons. The number of unbranched alkanes of at least 4 members (excludes halogenated alkanes) is 1. The first-order valence-corrected chi connectivity index (χ1v) is 5.26. The molecule has 0 bridgehead atoms. The van der Waals surface area contributed by atoms with Crippen molar-refractivity contribution in [3.8, 4) is 0 Å². The van der Waals surface area contributed by atoms with Crippen LogP contribution in [0.5, 0.6) is 0 Å². The lowest BCUT2D eigenvalue weighted by Crippen LogP contribution is -1.85. The molecule has 0 aromatic carbocycles. The molecule has 0 saturated carbocycles. The van der Waals surface area contributed by atoms with Gasteiger partial charge in [0.1, 0.15) is 0 Å². The Morgan fingerprint density at radius 1 is 1.44 bits per heavy atom. The van der Waals surface area contributed by atoms with E-state index in [9.17, 15) is 0 Å². The van der Waals surface area contributed by atoms with Gasteiger partial charge in [0.2, 0.25) is 0 Å². The van der Waals surface area contributed by atoms with Gasteiger partial charge in [-0.1, -0.05) is 21.3 Å². The van der Waals surface area contributed by atoms with Gasteiger partial charge in [0.15, 0.2) is 0 Å². The highest BCUT2D eigenvalue weighted by atomic mass is 31.1. The summed E-state index contributed by atoms with van der Waals surface area (Å²) < 4.78 is 0. The Hall–Kier alpha value is 0.455. The van der Waals surface area contributed by atoms with Crippen molar-refractivity contribution in [1.29, 1.82) is 0 Å². The van der Waals surface area contributed by atoms with Gasteiger partial charge < -0.3 is 5.11 Å². The van der Waals surface area contributed by atoms with Crippen molar-refractivity contribution in [3.05, 3.63) is 0 Å². The van der Waals surface area contributed by atoms with E-state index in [4.69, 9.17) is 5.11 Å². The lowest BCUT2D eigenvalue weighted by molar-refractivity contribution is 0.370. The van der Waals surface area contributed by atoms with Gasteiger partial charge in [-0.25, -0.2) is 0 Å². The second kappa shape index (κ2) is 8.45. The van der Waals surface area contributed by atoms with Gasteiger partial charge in [0.25, 0.3) is 0 Å². The van der Waals surface area contributed by atoms with Crippen molar-refractivity contribution >= 4 is 16.3 Å². The largest absolute Gasteiger partial charge is 0.392 e. The summed E-state index contributed by atoms with van der Waals surface area (Å²) in [6, 6.07) is 0. The number of aliphatic hydroxyl groups excluding tert-OH is 1. The number of hydrogen-bond acceptors (Lipinski definition) is 1. The fourth-order valence-corrected chi connectivity index (χ4v) is 1.50. The maximum absolute atomic E-state index is 8.59. The van der Waals surface area contributed by atoms with Crippen LogP contribution in [0.4, 0.5) is 0 Å². The van der Waals surface area contributed by atoms with Gasteiger partial charge in [-0.2, -0.15) is 0 Å². The molecule has 0 spiro atoms. The Balaban J connectivity index is 0. The van der Waals surface area contributed by atoms with Gasteiger partial charge >= 0.3 is 0 Å². The minimum Gasteiger partial charge on any atom is -0.392 e. The summed E-state index contributed by atoms with van der Waals surface area (Å²) in [5.41, 5.74) is 0. The second-order valence-electron chi connectivity index (χ2n) is 2.07. The van der Waals surface area contributed by atoms with E-state index in [1.165, 1.54) is 19.0 Å². The van der Waals surface area contributed by atoms with Crippen molar-refractivity contribution in [2.75, 3.05) is 19.2 Å². The lowest BCUT2D eigenvalue weighted by Gasteiger charge is -2.04. The zero-order valence-corrected chi connectivity index (χ0v) is 7.19. The molecule has 3 heteroatoms. The minimum atomic E-state index is -0.0287. The molecule has 1 nitrogen and oxygen atoms in total. The third-order valence-electron chi connectivity index (χ3n) is 1.13. The summed E-state index contributed by atoms with van der Waals surface area (Å²) in [6.07, 6.45) is 4.19. The lowest BCUT2D eigenvalue weighted by atomic mass is 10.4. The van der Waals surface area contributed by atoms with E-state index >= 15 is 0 Å². The van der Waals surface area contributed by atoms with Crippen molar-refractivity contribution in [2.45, 2.75) is 19.8 Å². The zero-order chi connectivity index (χ0) is 6.41. The van der Waals surface area contributed by atoms with Crippen LogP contribution in [0.2, 0.25) is 0 Å². The number of rotatable bonds is 4. The van der Waals surface area contributed by atoms with Crippen LogP contribution in [0.15, 0.2) is 0 Å². The first kappa shape index (κ1) is 12.2. The molecular formula is C6H15BOP. The SMILES string of the molecule is CCCCP(C)CO.[B]. The Kier molecular flexibility index (Phi) is 11.4. The normalized spacial score (nSPS) is 12.3. The topological polar surface area (TPSA) is 20.2 Å². The molecule has 0 aromatic heterocycles. The maximum Gasteiger partial charge on any atom is 0.0621 e. The molecule has 1 atom stereocenters. The summed E-state index contributed by atoms with van der Waals surface area (Å²) in [6.45, 7) is 4.32. The summed E-state index contributed by atoms with van der Waals surface area (Å²) in [5, 5.41) is 8.59. The standard InChI is InChI=1S/C6H15OP.B/c1-3-4-5-8(2)6-7;/h7H,3-6H2,1-2H3;. The smallest absolute Gasteiger partial charge is 0.0621 e. The Morgan fingerprint density at radius 2 is 2.00 bits per heavy atom. The predicted octanol–water partition coefficient (Wildman–Crippen LogP) is 1.47. The molecule has 0 aliphatic heterocycles. The molecule has 0 aliphatic carbocycles. The van der Waals surface area contributed by atoms with E-state index in [1.807, 2.05) is 0 Å². The predicted molar refractivity (Wildman–Crippen MR) is 45.5 cm³/mol. The average Bonchev–Trinajstić information content (AvgIpc) is 1.83. The third kappa shape index (κ3) is 8.45. The molecule has 9 heavy (non-hydrogen) atoms. The first-order chi connectivity index (χ1) is 3.81. The molecule has 0 amide bonds. The van der Waals surface area contributed by atoms with E-state index in [0.29, 0.717) is 6.35 Å². The number of aliphatic hydroxyl groups is 1. The Bertz CT molecular complexity index is 52.3. The fraction of sp³-hybridized carbons (Fsp3) is 1.00. The molecule has 0 aliphatic rings. The van der Waals surface area contributed by atoms with E-state index in [2.05, 4.69) is 13.6 Å². The monoisotopic (exact) mass is 145 g/mol. The van der Waals surface area contributed by atoms with Crippen LogP contribution in [-0.4, -0.2) is 32.7 Å². The molecular weight excluding hydrogens is 130 g/mol. The van der Waals surface area contributed by atoms with Crippen LogP contribution in [0, 0.1) is 0 Å². The zero-order valence-electron chi connectivity index (χ0n) is 6.30. The summed E-state index contributed by atoms with van der Waals surface area (Å²) in [7, 11) is -0.0287. The first-order valence-electron chi connectivity index (χ1n) is 3.10. The fourth-order valence-electron chi connectivity index (χ4n) is 0.499. The summed E-state index contributed by atoms with van der Waals surface area (Å²) in [5.74, 6) is 0. The van der Waals surface area contributed by atoms with Crippen molar-refractivity contribution in [1.82, 2.24) is 0 Å². The van der Waals surface area contributed by atoms with Crippen molar-refractivity contribution in [2.24, 2.45) is 0 Å². The van der Waals surface area contributed by atoms with Crippen LogP contribution in [-0.2, 0) is 0 Å². The molecule has 0 heterocycles. The number of hydrogen-bond donors (Lipinski definition) is 1. The Labute approximate surface area is 61.2 Å².